The minimum absolute atomic E-state index is 0.202. The highest BCUT2D eigenvalue weighted by molar-refractivity contribution is 8.18. The second-order valence-electron chi connectivity index (χ2n) is 8.55. The number of carbonyl (C=O) groups excluding carboxylic acids is 1. The summed E-state index contributed by atoms with van der Waals surface area (Å²) in [6.45, 7) is 0.478. The molecule has 0 N–H and O–H groups in total. The van der Waals surface area contributed by atoms with Crippen LogP contribution in [-0.4, -0.2) is 29.3 Å². The molecule has 40 heavy (non-hydrogen) atoms. The number of furan rings is 1. The SMILES string of the molecule is COc1cc(/C=C2\S/C(=N/N=C\c3ccccc3)N(Cc3ccco3)C2=O)ccc1OCc1ccc(Cl)cc1Cl. The number of rotatable bonds is 9. The van der Waals surface area contributed by atoms with Gasteiger partial charge in [-0.25, -0.2) is 0 Å². The number of amidine groups is 1. The molecule has 2 heterocycles. The molecule has 1 saturated heterocycles. The van der Waals surface area contributed by atoms with E-state index in [4.69, 9.17) is 37.1 Å². The number of hydrogen-bond acceptors (Lipinski definition) is 7. The lowest BCUT2D eigenvalue weighted by molar-refractivity contribution is -0.122. The summed E-state index contributed by atoms with van der Waals surface area (Å²) in [6, 6.07) is 23.9. The van der Waals surface area contributed by atoms with E-state index in [1.807, 2.05) is 48.5 Å². The molecule has 1 fully saturated rings. The normalized spacial score (nSPS) is 15.5. The Morgan fingerprint density at radius 2 is 1.82 bits per heavy atom. The largest absolute Gasteiger partial charge is 0.493 e. The lowest BCUT2D eigenvalue weighted by Gasteiger charge is -2.13. The molecule has 1 aromatic heterocycles. The van der Waals surface area contributed by atoms with E-state index in [-0.39, 0.29) is 19.1 Å². The first kappa shape index (κ1) is 27.6. The molecule has 0 atom stereocenters. The topological polar surface area (TPSA) is 76.6 Å². The Morgan fingerprint density at radius 3 is 2.58 bits per heavy atom. The van der Waals surface area contributed by atoms with Gasteiger partial charge in [-0.15, -0.1) is 5.10 Å². The number of carbonyl (C=O) groups is 1. The fraction of sp³-hybridized carbons (Fsp3) is 0.100. The second kappa shape index (κ2) is 12.9. The quantitative estimate of drug-likeness (QED) is 0.113. The maximum Gasteiger partial charge on any atom is 0.267 e. The van der Waals surface area contributed by atoms with Gasteiger partial charge < -0.3 is 13.9 Å². The molecule has 202 valence electrons. The van der Waals surface area contributed by atoms with E-state index in [1.54, 1.807) is 60.9 Å². The Balaban J connectivity index is 1.36. The van der Waals surface area contributed by atoms with Crippen molar-refractivity contribution in [1.82, 2.24) is 4.90 Å². The molecule has 0 unspecified atom stereocenters. The van der Waals surface area contributed by atoms with Crippen LogP contribution in [0.25, 0.3) is 6.08 Å². The van der Waals surface area contributed by atoms with Gasteiger partial charge in [0.25, 0.3) is 5.91 Å². The molecule has 10 heteroatoms. The van der Waals surface area contributed by atoms with Crippen molar-refractivity contribution >= 4 is 58.3 Å². The highest BCUT2D eigenvalue weighted by Gasteiger charge is 2.34. The van der Waals surface area contributed by atoms with Gasteiger partial charge in [-0.3, -0.25) is 9.69 Å². The molecule has 5 rings (SSSR count). The number of benzene rings is 3. The van der Waals surface area contributed by atoms with Crippen LogP contribution in [0.2, 0.25) is 10.0 Å². The van der Waals surface area contributed by atoms with Gasteiger partial charge in [0.1, 0.15) is 12.4 Å². The summed E-state index contributed by atoms with van der Waals surface area (Å²) < 4.78 is 17.0. The fourth-order valence-electron chi connectivity index (χ4n) is 3.80. The van der Waals surface area contributed by atoms with E-state index in [1.165, 1.54) is 11.8 Å². The number of amides is 1. The number of hydrogen-bond donors (Lipinski definition) is 0. The van der Waals surface area contributed by atoms with E-state index < -0.39 is 0 Å². The Bertz CT molecular complexity index is 1590. The summed E-state index contributed by atoms with van der Waals surface area (Å²) in [7, 11) is 1.56. The number of halogens is 2. The van der Waals surface area contributed by atoms with Crippen LogP contribution in [0.4, 0.5) is 0 Å². The molecule has 1 aliphatic heterocycles. The van der Waals surface area contributed by atoms with Crippen molar-refractivity contribution in [2.24, 2.45) is 10.2 Å². The molecule has 1 amide bonds. The molecular weight excluding hydrogens is 569 g/mol. The molecule has 0 bridgehead atoms. The first-order valence-electron chi connectivity index (χ1n) is 12.1. The van der Waals surface area contributed by atoms with Gasteiger partial charge in [0, 0.05) is 15.6 Å². The predicted octanol–water partition coefficient (Wildman–Crippen LogP) is 7.68. The molecule has 7 nitrogen and oxygen atoms in total. The third-order valence-corrected chi connectivity index (χ3v) is 7.40. The third-order valence-electron chi connectivity index (χ3n) is 5.82. The van der Waals surface area contributed by atoms with E-state index >= 15 is 0 Å². The van der Waals surface area contributed by atoms with Crippen molar-refractivity contribution in [3.05, 3.63) is 123 Å². The van der Waals surface area contributed by atoms with Gasteiger partial charge in [0.05, 0.1) is 31.0 Å². The van der Waals surface area contributed by atoms with Crippen LogP contribution >= 0.6 is 35.0 Å². The van der Waals surface area contributed by atoms with Crippen molar-refractivity contribution < 1.29 is 18.7 Å². The maximum absolute atomic E-state index is 13.4. The number of nitrogens with zero attached hydrogens (tertiary/aromatic N) is 3. The van der Waals surface area contributed by atoms with Gasteiger partial charge in [0.15, 0.2) is 16.7 Å². The van der Waals surface area contributed by atoms with Crippen LogP contribution in [0.1, 0.15) is 22.5 Å². The lowest BCUT2D eigenvalue weighted by Crippen LogP contribution is -2.28. The highest BCUT2D eigenvalue weighted by Crippen LogP contribution is 2.36. The molecule has 0 aliphatic carbocycles. The van der Waals surface area contributed by atoms with Crippen molar-refractivity contribution in [1.29, 1.82) is 0 Å². The summed E-state index contributed by atoms with van der Waals surface area (Å²) in [6.07, 6.45) is 5.00. The van der Waals surface area contributed by atoms with E-state index in [9.17, 15) is 4.79 Å². The van der Waals surface area contributed by atoms with Gasteiger partial charge in [-0.05, 0) is 65.4 Å². The van der Waals surface area contributed by atoms with E-state index in [2.05, 4.69) is 10.2 Å². The number of methoxy groups -OCH3 is 1. The molecule has 4 aromatic rings. The summed E-state index contributed by atoms with van der Waals surface area (Å²) >= 11 is 13.5. The van der Waals surface area contributed by atoms with Crippen molar-refractivity contribution in [2.45, 2.75) is 13.2 Å². The highest BCUT2D eigenvalue weighted by atomic mass is 35.5. The van der Waals surface area contributed by atoms with Gasteiger partial charge in [0.2, 0.25) is 0 Å². The fourth-order valence-corrected chi connectivity index (χ4v) is 5.20. The predicted molar refractivity (Wildman–Crippen MR) is 160 cm³/mol. The minimum atomic E-state index is -0.202. The first-order valence-corrected chi connectivity index (χ1v) is 13.7. The Morgan fingerprint density at radius 1 is 0.975 bits per heavy atom. The standard InChI is InChI=1S/C30H23Cl2N3O4S/c1-37-27-14-21(9-12-26(27)39-19-22-10-11-23(31)16-25(22)32)15-28-29(36)35(18-24-8-5-13-38-24)30(40-28)34-33-17-20-6-3-2-4-7-20/h2-17H,18-19H2,1H3/b28-15-,33-17-,34-30+. The van der Waals surface area contributed by atoms with Gasteiger partial charge >= 0.3 is 0 Å². The summed E-state index contributed by atoms with van der Waals surface area (Å²) in [5, 5.41) is 10.1. The maximum atomic E-state index is 13.4. The first-order chi connectivity index (χ1) is 19.5. The lowest BCUT2D eigenvalue weighted by atomic mass is 10.1. The van der Waals surface area contributed by atoms with Crippen molar-refractivity contribution in [3.63, 3.8) is 0 Å². The van der Waals surface area contributed by atoms with Crippen molar-refractivity contribution in [3.8, 4) is 11.5 Å². The Kier molecular flexibility index (Phi) is 8.91. The van der Waals surface area contributed by atoms with Crippen molar-refractivity contribution in [2.75, 3.05) is 7.11 Å². The van der Waals surface area contributed by atoms with Gasteiger partial charge in [-0.1, -0.05) is 65.7 Å². The number of ether oxygens (including phenoxy) is 2. The van der Waals surface area contributed by atoms with Crippen LogP contribution in [0.3, 0.4) is 0 Å². The summed E-state index contributed by atoms with van der Waals surface area (Å²) in [4.78, 5) is 15.4. The van der Waals surface area contributed by atoms with Crippen LogP contribution in [0.15, 0.2) is 105 Å². The molecule has 0 radical (unpaired) electrons. The summed E-state index contributed by atoms with van der Waals surface area (Å²) in [5.41, 5.74) is 2.46. The Hall–Kier alpha value is -3.98. The smallest absolute Gasteiger partial charge is 0.267 e. The molecule has 1 aliphatic rings. The minimum Gasteiger partial charge on any atom is -0.493 e. The third kappa shape index (κ3) is 6.77. The van der Waals surface area contributed by atoms with Crippen LogP contribution in [0, 0.1) is 0 Å². The zero-order chi connectivity index (χ0) is 27.9. The zero-order valence-corrected chi connectivity index (χ0v) is 23.6. The average Bonchev–Trinajstić information content (AvgIpc) is 3.58. The van der Waals surface area contributed by atoms with Crippen LogP contribution in [-0.2, 0) is 17.9 Å². The summed E-state index contributed by atoms with van der Waals surface area (Å²) in [5.74, 6) is 1.49. The average molecular weight is 593 g/mol. The molecule has 3 aromatic carbocycles. The molecule has 0 saturated carbocycles. The second-order valence-corrected chi connectivity index (χ2v) is 10.4. The van der Waals surface area contributed by atoms with Crippen LogP contribution < -0.4 is 9.47 Å². The zero-order valence-electron chi connectivity index (χ0n) is 21.3. The monoisotopic (exact) mass is 591 g/mol. The van der Waals surface area contributed by atoms with Gasteiger partial charge in [-0.2, -0.15) is 5.10 Å². The molecule has 0 spiro atoms. The van der Waals surface area contributed by atoms with E-state index in [0.29, 0.717) is 37.4 Å². The molecular formula is C30H23Cl2N3O4S. The number of thioether (sulfide) groups is 1. The Labute approximate surface area is 245 Å². The van der Waals surface area contributed by atoms with Crippen LogP contribution in [0.5, 0.6) is 11.5 Å². The van der Waals surface area contributed by atoms with E-state index in [0.717, 1.165) is 16.7 Å².